The van der Waals surface area contributed by atoms with Gasteiger partial charge < -0.3 is 0 Å². The maximum Gasteiger partial charge on any atom is 0.178 e. The second kappa shape index (κ2) is 4.74. The number of carbonyl (C=O) groups excluding carboxylic acids is 2. The first-order chi connectivity index (χ1) is 7.30. The summed E-state index contributed by atoms with van der Waals surface area (Å²) in [4.78, 5) is 23.4. The molecular formula is C13H16O2S. The fourth-order valence-corrected chi connectivity index (χ4v) is 2.17. The molecule has 1 heterocycles. The molecule has 1 aromatic heterocycles. The summed E-state index contributed by atoms with van der Waals surface area (Å²) in [6.45, 7) is 7.21. The molecule has 16 heavy (non-hydrogen) atoms. The Hall–Kier alpha value is -1.22. The maximum absolute atomic E-state index is 11.9. The molecule has 1 aromatic rings. The molecule has 2 nitrogen and oxygen atoms in total. The van der Waals surface area contributed by atoms with Gasteiger partial charge in [-0.25, -0.2) is 0 Å². The van der Waals surface area contributed by atoms with Crippen molar-refractivity contribution in [2.24, 2.45) is 5.41 Å². The highest BCUT2D eigenvalue weighted by Gasteiger charge is 2.23. The molecule has 86 valence electrons. The fourth-order valence-electron chi connectivity index (χ4n) is 1.14. The zero-order valence-corrected chi connectivity index (χ0v) is 10.9. The summed E-state index contributed by atoms with van der Waals surface area (Å²) in [5.41, 5.74) is 0.555. The van der Waals surface area contributed by atoms with Crippen LogP contribution in [0.15, 0.2) is 17.5 Å². The topological polar surface area (TPSA) is 34.1 Å². The number of thiophene rings is 1. The van der Waals surface area contributed by atoms with Gasteiger partial charge in [-0.2, -0.15) is 0 Å². The van der Waals surface area contributed by atoms with Crippen LogP contribution >= 0.6 is 11.3 Å². The third-order valence-electron chi connectivity index (χ3n) is 2.04. The number of hydrogen-bond acceptors (Lipinski definition) is 3. The highest BCUT2D eigenvalue weighted by molar-refractivity contribution is 7.12. The Bertz CT molecular complexity index is 433. The van der Waals surface area contributed by atoms with E-state index in [2.05, 4.69) is 0 Å². The lowest BCUT2D eigenvalue weighted by atomic mass is 9.90. The van der Waals surface area contributed by atoms with Crippen LogP contribution in [0.3, 0.4) is 0 Å². The second-order valence-electron chi connectivity index (χ2n) is 4.77. The van der Waals surface area contributed by atoms with Crippen molar-refractivity contribution in [3.63, 3.8) is 0 Å². The third kappa shape index (κ3) is 3.42. The predicted molar refractivity (Wildman–Crippen MR) is 67.8 cm³/mol. The lowest BCUT2D eigenvalue weighted by molar-refractivity contribution is -0.112. The first-order valence-corrected chi connectivity index (χ1v) is 6.00. The number of rotatable bonds is 3. The van der Waals surface area contributed by atoms with Gasteiger partial charge in [-0.1, -0.05) is 26.8 Å². The maximum atomic E-state index is 11.9. The third-order valence-corrected chi connectivity index (χ3v) is 2.98. The largest absolute Gasteiger partial charge is 0.295 e. The molecule has 0 saturated heterocycles. The highest BCUT2D eigenvalue weighted by atomic mass is 32.1. The normalized spacial score (nSPS) is 12.0. The molecule has 0 aliphatic carbocycles. The number of Topliss-reactive ketones (excluding diaryl/α,β-unsaturated/α-hetero) is 1. The first-order valence-electron chi connectivity index (χ1n) is 5.12. The van der Waals surface area contributed by atoms with Crippen LogP contribution in [0.25, 0.3) is 6.08 Å². The van der Waals surface area contributed by atoms with Gasteiger partial charge in [-0.3, -0.25) is 9.59 Å². The first kappa shape index (κ1) is 12.8. The molecule has 0 aliphatic heterocycles. The van der Waals surface area contributed by atoms with Gasteiger partial charge in [-0.05, 0) is 30.0 Å². The van der Waals surface area contributed by atoms with E-state index >= 15 is 0 Å². The Kier molecular flexibility index (Phi) is 3.81. The Morgan fingerprint density at radius 1 is 1.31 bits per heavy atom. The Labute approximate surface area is 100.0 Å². The van der Waals surface area contributed by atoms with E-state index < -0.39 is 0 Å². The van der Waals surface area contributed by atoms with E-state index in [4.69, 9.17) is 0 Å². The zero-order valence-electron chi connectivity index (χ0n) is 10.0. The standard InChI is InChI=1S/C13H16O2S/c1-9(14)5-6-10-7-11(16-8-10)12(15)13(2,3)4/h5-8H,1-4H3/b6-5+. The van der Waals surface area contributed by atoms with Crippen LogP contribution < -0.4 is 0 Å². The van der Waals surface area contributed by atoms with Crippen molar-refractivity contribution in [1.82, 2.24) is 0 Å². The number of hydrogen-bond donors (Lipinski definition) is 0. The molecule has 0 bridgehead atoms. The van der Waals surface area contributed by atoms with Gasteiger partial charge >= 0.3 is 0 Å². The molecule has 0 amide bonds. The van der Waals surface area contributed by atoms with Crippen molar-refractivity contribution in [2.75, 3.05) is 0 Å². The van der Waals surface area contributed by atoms with Gasteiger partial charge in [0.05, 0.1) is 4.88 Å². The minimum Gasteiger partial charge on any atom is -0.295 e. The van der Waals surface area contributed by atoms with Crippen molar-refractivity contribution in [3.8, 4) is 0 Å². The van der Waals surface area contributed by atoms with Crippen LogP contribution in [0, 0.1) is 5.41 Å². The highest BCUT2D eigenvalue weighted by Crippen LogP contribution is 2.25. The van der Waals surface area contributed by atoms with E-state index in [1.165, 1.54) is 24.3 Å². The Balaban J connectivity index is 2.88. The molecule has 0 unspecified atom stereocenters. The summed E-state index contributed by atoms with van der Waals surface area (Å²) >= 11 is 1.42. The smallest absolute Gasteiger partial charge is 0.178 e. The summed E-state index contributed by atoms with van der Waals surface area (Å²) in [6.07, 6.45) is 3.24. The summed E-state index contributed by atoms with van der Waals surface area (Å²) in [7, 11) is 0. The average molecular weight is 236 g/mol. The second-order valence-corrected chi connectivity index (χ2v) is 5.68. The van der Waals surface area contributed by atoms with E-state index in [0.29, 0.717) is 0 Å². The minimum atomic E-state index is -0.355. The Morgan fingerprint density at radius 3 is 2.44 bits per heavy atom. The van der Waals surface area contributed by atoms with Gasteiger partial charge in [0.25, 0.3) is 0 Å². The molecule has 0 radical (unpaired) electrons. The Morgan fingerprint density at radius 2 is 1.94 bits per heavy atom. The molecule has 0 N–H and O–H groups in total. The van der Waals surface area contributed by atoms with E-state index in [9.17, 15) is 9.59 Å². The van der Waals surface area contributed by atoms with Gasteiger partial charge in [0.2, 0.25) is 0 Å². The van der Waals surface area contributed by atoms with Gasteiger partial charge in [0.1, 0.15) is 0 Å². The van der Waals surface area contributed by atoms with Crippen molar-refractivity contribution < 1.29 is 9.59 Å². The van der Waals surface area contributed by atoms with Crippen LogP contribution in [0.4, 0.5) is 0 Å². The number of allylic oxidation sites excluding steroid dienone is 1. The van der Waals surface area contributed by atoms with Crippen LogP contribution in [-0.2, 0) is 4.79 Å². The van der Waals surface area contributed by atoms with Crippen LogP contribution in [0.2, 0.25) is 0 Å². The lowest BCUT2D eigenvalue weighted by Crippen LogP contribution is -2.18. The summed E-state index contributed by atoms with van der Waals surface area (Å²) in [5, 5.41) is 1.89. The monoisotopic (exact) mass is 236 g/mol. The summed E-state index contributed by atoms with van der Waals surface area (Å²) < 4.78 is 0. The number of ketones is 2. The summed E-state index contributed by atoms with van der Waals surface area (Å²) in [5.74, 6) is 0.148. The quantitative estimate of drug-likeness (QED) is 0.594. The van der Waals surface area contributed by atoms with E-state index in [1.807, 2.05) is 32.2 Å². The molecule has 0 aromatic carbocycles. The molecular weight excluding hydrogens is 220 g/mol. The molecule has 0 saturated carbocycles. The van der Waals surface area contributed by atoms with E-state index in [0.717, 1.165) is 10.4 Å². The van der Waals surface area contributed by atoms with Crippen molar-refractivity contribution in [2.45, 2.75) is 27.7 Å². The van der Waals surface area contributed by atoms with Gasteiger partial charge in [0, 0.05) is 5.41 Å². The van der Waals surface area contributed by atoms with Crippen LogP contribution in [-0.4, -0.2) is 11.6 Å². The molecule has 3 heteroatoms. The van der Waals surface area contributed by atoms with E-state index in [-0.39, 0.29) is 17.0 Å². The minimum absolute atomic E-state index is 0.00916. The molecule has 0 spiro atoms. The van der Waals surface area contributed by atoms with Crippen LogP contribution in [0.1, 0.15) is 42.9 Å². The molecule has 0 fully saturated rings. The van der Waals surface area contributed by atoms with Gasteiger partial charge in [0.15, 0.2) is 11.6 Å². The average Bonchev–Trinajstić information content (AvgIpc) is 2.60. The number of carbonyl (C=O) groups is 2. The fraction of sp³-hybridized carbons (Fsp3) is 0.385. The van der Waals surface area contributed by atoms with Crippen molar-refractivity contribution in [1.29, 1.82) is 0 Å². The van der Waals surface area contributed by atoms with E-state index in [1.54, 1.807) is 6.08 Å². The van der Waals surface area contributed by atoms with Gasteiger partial charge in [-0.15, -0.1) is 11.3 Å². The molecule has 1 rings (SSSR count). The molecule has 0 aliphatic rings. The molecule has 0 atom stereocenters. The van der Waals surface area contributed by atoms with Crippen molar-refractivity contribution >= 4 is 29.0 Å². The predicted octanol–water partition coefficient (Wildman–Crippen LogP) is 3.58. The summed E-state index contributed by atoms with van der Waals surface area (Å²) in [6, 6.07) is 1.83. The zero-order chi connectivity index (χ0) is 12.3. The lowest BCUT2D eigenvalue weighted by Gasteiger charge is -2.14. The SMILES string of the molecule is CC(=O)/C=C/c1csc(C(=O)C(C)(C)C)c1. The van der Waals surface area contributed by atoms with Crippen molar-refractivity contribution in [3.05, 3.63) is 28.0 Å². The van der Waals surface area contributed by atoms with Crippen LogP contribution in [0.5, 0.6) is 0 Å².